The van der Waals surface area contributed by atoms with Gasteiger partial charge in [-0.3, -0.25) is 4.79 Å². The van der Waals surface area contributed by atoms with Gasteiger partial charge in [0.2, 0.25) is 0 Å². The van der Waals surface area contributed by atoms with Crippen LogP contribution in [-0.4, -0.2) is 0 Å². The molecule has 0 N–H and O–H groups in total. The zero-order valence-corrected chi connectivity index (χ0v) is 6.06. The second-order valence-electron chi connectivity index (χ2n) is 2.76. The Morgan fingerprint density at radius 1 is 1.20 bits per heavy atom. The summed E-state index contributed by atoms with van der Waals surface area (Å²) in [7, 11) is 0. The van der Waals surface area contributed by atoms with Gasteiger partial charge >= 0.3 is 0 Å². The van der Waals surface area contributed by atoms with E-state index in [4.69, 9.17) is 0 Å². The Morgan fingerprint density at radius 3 is 2.50 bits per heavy atom. The normalized spacial score (nSPS) is 11.4. The van der Waals surface area contributed by atoms with E-state index in [0.29, 0.717) is 0 Å². The molecule has 2 rings (SSSR count). The van der Waals surface area contributed by atoms with E-state index in [-0.39, 0.29) is 5.43 Å². The van der Waals surface area contributed by atoms with E-state index in [2.05, 4.69) is 0 Å². The van der Waals surface area contributed by atoms with Gasteiger partial charge in [0.05, 0.1) is 0 Å². The molecule has 0 amide bonds. The molecular formula is C9H8O. The van der Waals surface area contributed by atoms with Crippen molar-refractivity contribution in [3.63, 3.8) is 0 Å². The fourth-order valence-electron chi connectivity index (χ4n) is 1.25. The van der Waals surface area contributed by atoms with Crippen LogP contribution in [0.15, 0.2) is 16.9 Å². The predicted octanol–water partition coefficient (Wildman–Crippen LogP) is 1.69. The maximum atomic E-state index is 10.9. The number of fused-ring (bicyclic) bond motifs is 1. The van der Waals surface area contributed by atoms with Crippen LogP contribution in [0, 0.1) is 13.8 Å². The molecule has 2 aromatic carbocycles. The molecule has 2 aromatic rings. The molecule has 1 nitrogen and oxygen atoms in total. The average Bonchev–Trinajstić information content (AvgIpc) is 2.54. The summed E-state index contributed by atoms with van der Waals surface area (Å²) in [4.78, 5) is 10.9. The minimum atomic E-state index is 0.241. The Hall–Kier alpha value is -1.11. The number of benzene rings is 1. The van der Waals surface area contributed by atoms with E-state index in [1.165, 1.54) is 5.56 Å². The van der Waals surface area contributed by atoms with Crippen LogP contribution in [0.2, 0.25) is 0 Å². The maximum absolute atomic E-state index is 10.9. The summed E-state index contributed by atoms with van der Waals surface area (Å²) in [6.07, 6.45) is 0. The topological polar surface area (TPSA) is 17.1 Å². The molecule has 0 aliphatic carbocycles. The second-order valence-corrected chi connectivity index (χ2v) is 2.76. The minimum absolute atomic E-state index is 0.241. The molecule has 0 heterocycles. The first-order valence-corrected chi connectivity index (χ1v) is 3.36. The minimum Gasteiger partial charge on any atom is -0.289 e. The number of rotatable bonds is 0. The van der Waals surface area contributed by atoms with Gasteiger partial charge in [0.1, 0.15) is 0 Å². The smallest absolute Gasteiger partial charge is 0.194 e. The van der Waals surface area contributed by atoms with Crippen LogP contribution in [0.1, 0.15) is 11.1 Å². The highest BCUT2D eigenvalue weighted by Crippen LogP contribution is 2.21. The van der Waals surface area contributed by atoms with Crippen molar-refractivity contribution in [3.05, 3.63) is 33.5 Å². The van der Waals surface area contributed by atoms with Crippen molar-refractivity contribution in [2.45, 2.75) is 13.8 Å². The lowest BCUT2D eigenvalue weighted by Crippen LogP contribution is -1.75. The van der Waals surface area contributed by atoms with Crippen LogP contribution in [0.4, 0.5) is 0 Å². The molecule has 0 aromatic heterocycles. The fraction of sp³-hybridized carbons (Fsp3) is 0.222. The molecule has 0 fully saturated rings. The summed E-state index contributed by atoms with van der Waals surface area (Å²) in [5.74, 6) is 0. The SMILES string of the molecule is Cc1ccc2c(=O)c2c1C. The third-order valence-corrected chi connectivity index (χ3v) is 2.15. The summed E-state index contributed by atoms with van der Waals surface area (Å²) in [6, 6.07) is 3.90. The highest BCUT2D eigenvalue weighted by molar-refractivity contribution is 6.00. The third-order valence-electron chi connectivity index (χ3n) is 2.15. The van der Waals surface area contributed by atoms with Crippen molar-refractivity contribution in [1.82, 2.24) is 0 Å². The predicted molar refractivity (Wildman–Crippen MR) is 42.1 cm³/mol. The van der Waals surface area contributed by atoms with E-state index in [9.17, 15) is 4.79 Å². The lowest BCUT2D eigenvalue weighted by Gasteiger charge is -1.91. The van der Waals surface area contributed by atoms with Crippen molar-refractivity contribution in [2.24, 2.45) is 0 Å². The first kappa shape index (κ1) is 5.66. The van der Waals surface area contributed by atoms with E-state index in [1.54, 1.807) is 0 Å². The largest absolute Gasteiger partial charge is 0.289 e. The standard InChI is InChI=1S/C9H8O/c1-5-3-4-7-8(6(5)2)9(7)10/h3-4H,1-2H3. The van der Waals surface area contributed by atoms with Gasteiger partial charge in [-0.25, -0.2) is 0 Å². The van der Waals surface area contributed by atoms with E-state index in [1.807, 2.05) is 26.0 Å². The van der Waals surface area contributed by atoms with Crippen molar-refractivity contribution < 1.29 is 0 Å². The van der Waals surface area contributed by atoms with Gasteiger partial charge in [-0.2, -0.15) is 0 Å². The van der Waals surface area contributed by atoms with Gasteiger partial charge in [0, 0.05) is 10.8 Å². The molecule has 0 bridgehead atoms. The van der Waals surface area contributed by atoms with Crippen LogP contribution < -0.4 is 5.43 Å². The third kappa shape index (κ3) is 0.499. The summed E-state index contributed by atoms with van der Waals surface area (Å²) >= 11 is 0. The van der Waals surface area contributed by atoms with E-state index in [0.717, 1.165) is 16.3 Å². The molecule has 1 heteroatoms. The molecule has 10 heavy (non-hydrogen) atoms. The van der Waals surface area contributed by atoms with Gasteiger partial charge in [-0.05, 0) is 25.0 Å². The Kier molecular flexibility index (Phi) is 0.839. The quantitative estimate of drug-likeness (QED) is 0.533. The molecule has 50 valence electrons. The lowest BCUT2D eigenvalue weighted by molar-refractivity contribution is 1.39. The van der Waals surface area contributed by atoms with Crippen molar-refractivity contribution in [2.75, 3.05) is 0 Å². The Morgan fingerprint density at radius 2 is 1.90 bits per heavy atom. The molecule has 0 saturated carbocycles. The molecular weight excluding hydrogens is 124 g/mol. The Labute approximate surface area is 59.0 Å². The van der Waals surface area contributed by atoms with Gasteiger partial charge in [-0.1, -0.05) is 12.1 Å². The number of hydrogen-bond donors (Lipinski definition) is 0. The van der Waals surface area contributed by atoms with Gasteiger partial charge in [0.15, 0.2) is 5.43 Å². The van der Waals surface area contributed by atoms with E-state index < -0.39 is 0 Å². The Bertz CT molecular complexity index is 403. The maximum Gasteiger partial charge on any atom is 0.194 e. The molecule has 0 radical (unpaired) electrons. The van der Waals surface area contributed by atoms with Crippen molar-refractivity contribution in [3.8, 4) is 0 Å². The summed E-state index contributed by atoms with van der Waals surface area (Å²) in [6.45, 7) is 4.03. The zero-order chi connectivity index (χ0) is 7.30. The van der Waals surface area contributed by atoms with Gasteiger partial charge in [-0.15, -0.1) is 0 Å². The van der Waals surface area contributed by atoms with Gasteiger partial charge < -0.3 is 0 Å². The van der Waals surface area contributed by atoms with Crippen molar-refractivity contribution >= 4 is 10.8 Å². The molecule has 0 aliphatic rings. The summed E-state index contributed by atoms with van der Waals surface area (Å²) < 4.78 is 0. The van der Waals surface area contributed by atoms with Crippen LogP contribution >= 0.6 is 0 Å². The molecule has 0 spiro atoms. The first-order valence-electron chi connectivity index (χ1n) is 3.36. The van der Waals surface area contributed by atoms with Crippen LogP contribution in [0.25, 0.3) is 10.8 Å². The molecule has 0 saturated heterocycles. The Balaban J connectivity index is 2.93. The van der Waals surface area contributed by atoms with Crippen LogP contribution in [0.3, 0.4) is 0 Å². The first-order chi connectivity index (χ1) is 4.72. The van der Waals surface area contributed by atoms with Crippen LogP contribution in [0.5, 0.6) is 0 Å². The molecule has 0 atom stereocenters. The monoisotopic (exact) mass is 132 g/mol. The molecule has 0 unspecified atom stereocenters. The summed E-state index contributed by atoms with van der Waals surface area (Å²) in [5, 5.41) is 1.88. The zero-order valence-electron chi connectivity index (χ0n) is 6.06. The molecule has 0 aliphatic heterocycles. The highest BCUT2D eigenvalue weighted by Gasteiger charge is 2.14. The summed E-state index contributed by atoms with van der Waals surface area (Å²) in [5.41, 5.74) is 2.61. The number of hydrogen-bond acceptors (Lipinski definition) is 1. The van der Waals surface area contributed by atoms with E-state index >= 15 is 0 Å². The van der Waals surface area contributed by atoms with Gasteiger partial charge in [0.25, 0.3) is 0 Å². The lowest BCUT2D eigenvalue weighted by atomic mass is 10.1. The van der Waals surface area contributed by atoms with Crippen LogP contribution in [-0.2, 0) is 0 Å². The highest BCUT2D eigenvalue weighted by atomic mass is 16.1. The second kappa shape index (κ2) is 1.48. The fourth-order valence-corrected chi connectivity index (χ4v) is 1.25. The average molecular weight is 132 g/mol. The van der Waals surface area contributed by atoms with Crippen molar-refractivity contribution in [1.29, 1.82) is 0 Å². The number of aryl methyl sites for hydroxylation is 2.